The zero-order chi connectivity index (χ0) is 16.9. The number of rotatable bonds is 4. The zero-order valence-corrected chi connectivity index (χ0v) is 14.0. The molecule has 0 aliphatic carbocycles. The van der Waals surface area contributed by atoms with Gasteiger partial charge in [-0.3, -0.25) is 4.68 Å². The van der Waals surface area contributed by atoms with Crippen LogP contribution in [0.5, 0.6) is 0 Å². The van der Waals surface area contributed by atoms with Crippen LogP contribution in [-0.2, 0) is 6.54 Å². The van der Waals surface area contributed by atoms with Crippen molar-refractivity contribution in [3.8, 4) is 0 Å². The van der Waals surface area contributed by atoms with Gasteiger partial charge in [0.15, 0.2) is 10.9 Å². The number of hydrogen-bond donors (Lipinski definition) is 2. The summed E-state index contributed by atoms with van der Waals surface area (Å²) in [4.78, 5) is 0. The fourth-order valence-electron chi connectivity index (χ4n) is 2.25. The summed E-state index contributed by atoms with van der Waals surface area (Å²) in [6.07, 6.45) is 1.82. The first kappa shape index (κ1) is 16.1. The average Bonchev–Trinajstić information content (AvgIpc) is 2.96. The Morgan fingerprint density at radius 2 is 1.92 bits per heavy atom. The summed E-state index contributed by atoms with van der Waals surface area (Å²) in [5.74, 6) is 0.387. The first-order valence-corrected chi connectivity index (χ1v) is 7.92. The molecule has 2 N–H and O–H groups in total. The smallest absolute Gasteiger partial charge is 0.176 e. The molecule has 0 fully saturated rings. The highest BCUT2D eigenvalue weighted by atomic mass is 32.1. The molecule has 24 heavy (non-hydrogen) atoms. The van der Waals surface area contributed by atoms with E-state index in [9.17, 15) is 4.39 Å². The van der Waals surface area contributed by atoms with E-state index >= 15 is 0 Å². The van der Waals surface area contributed by atoms with Crippen molar-refractivity contribution in [2.75, 3.05) is 10.6 Å². The van der Waals surface area contributed by atoms with Gasteiger partial charge in [-0.15, -0.1) is 0 Å². The quantitative estimate of drug-likeness (QED) is 0.699. The van der Waals surface area contributed by atoms with Gasteiger partial charge >= 0.3 is 0 Å². The minimum atomic E-state index is -0.249. The predicted molar refractivity (Wildman–Crippen MR) is 98.8 cm³/mol. The van der Waals surface area contributed by atoms with E-state index in [4.69, 9.17) is 12.2 Å². The van der Waals surface area contributed by atoms with Gasteiger partial charge in [0.05, 0.1) is 6.54 Å². The molecule has 0 radical (unpaired) electrons. The second-order valence-electron chi connectivity index (χ2n) is 5.47. The Morgan fingerprint density at radius 3 is 2.67 bits per heavy atom. The van der Waals surface area contributed by atoms with Gasteiger partial charge in [-0.25, -0.2) is 4.39 Å². The maximum atomic E-state index is 13.2. The van der Waals surface area contributed by atoms with Crippen LogP contribution in [-0.4, -0.2) is 14.9 Å². The van der Waals surface area contributed by atoms with E-state index < -0.39 is 0 Å². The van der Waals surface area contributed by atoms with Crippen molar-refractivity contribution in [1.82, 2.24) is 9.78 Å². The van der Waals surface area contributed by atoms with Crippen molar-refractivity contribution in [2.24, 2.45) is 0 Å². The lowest BCUT2D eigenvalue weighted by molar-refractivity contribution is 0.619. The van der Waals surface area contributed by atoms with Crippen molar-refractivity contribution in [1.29, 1.82) is 0 Å². The molecule has 2 aromatic carbocycles. The third kappa shape index (κ3) is 4.39. The molecule has 0 atom stereocenters. The third-order valence-corrected chi connectivity index (χ3v) is 3.63. The summed E-state index contributed by atoms with van der Waals surface area (Å²) in [5, 5.41) is 11.0. The Balaban J connectivity index is 1.59. The lowest BCUT2D eigenvalue weighted by Gasteiger charge is -2.08. The van der Waals surface area contributed by atoms with Gasteiger partial charge in [0.2, 0.25) is 0 Å². The normalized spacial score (nSPS) is 10.4. The Hall–Kier alpha value is -2.73. The Kier molecular flexibility index (Phi) is 4.86. The predicted octanol–water partition coefficient (Wildman–Crippen LogP) is 4.19. The van der Waals surface area contributed by atoms with Crippen molar-refractivity contribution in [2.45, 2.75) is 13.5 Å². The standard InChI is InChI=1S/C18H17FN4S/c1-13-5-7-16(8-6-13)20-18(24)21-17-9-10-23(22-17)12-14-3-2-4-15(19)11-14/h2-11H,12H2,1H3,(H2,20,21,22,24). The summed E-state index contributed by atoms with van der Waals surface area (Å²) in [6.45, 7) is 2.53. The zero-order valence-electron chi connectivity index (χ0n) is 13.2. The molecular weight excluding hydrogens is 323 g/mol. The van der Waals surface area contributed by atoms with Crippen LogP contribution in [0.1, 0.15) is 11.1 Å². The highest BCUT2D eigenvalue weighted by Crippen LogP contribution is 2.11. The molecule has 122 valence electrons. The maximum absolute atomic E-state index is 13.2. The van der Waals surface area contributed by atoms with Crippen molar-refractivity contribution < 1.29 is 4.39 Å². The Morgan fingerprint density at radius 1 is 1.12 bits per heavy atom. The molecule has 0 unspecified atom stereocenters. The fourth-order valence-corrected chi connectivity index (χ4v) is 2.48. The fraction of sp³-hybridized carbons (Fsp3) is 0.111. The second kappa shape index (κ2) is 7.23. The molecule has 0 aliphatic rings. The Bertz CT molecular complexity index is 842. The summed E-state index contributed by atoms with van der Waals surface area (Å²) in [5.41, 5.74) is 2.96. The third-order valence-electron chi connectivity index (χ3n) is 3.43. The molecule has 3 aromatic rings. The topological polar surface area (TPSA) is 41.9 Å². The van der Waals surface area contributed by atoms with Gasteiger partial charge in [-0.1, -0.05) is 29.8 Å². The first-order valence-electron chi connectivity index (χ1n) is 7.51. The minimum absolute atomic E-state index is 0.249. The highest BCUT2D eigenvalue weighted by molar-refractivity contribution is 7.80. The molecule has 6 heteroatoms. The number of anilines is 2. The summed E-state index contributed by atoms with van der Waals surface area (Å²) in [7, 11) is 0. The van der Waals surface area contributed by atoms with Crippen LogP contribution in [0, 0.1) is 12.7 Å². The number of aryl methyl sites for hydroxylation is 1. The lowest BCUT2D eigenvalue weighted by Crippen LogP contribution is -2.19. The molecule has 4 nitrogen and oxygen atoms in total. The van der Waals surface area contributed by atoms with E-state index in [-0.39, 0.29) is 5.82 Å². The van der Waals surface area contributed by atoms with Crippen LogP contribution in [0.2, 0.25) is 0 Å². The molecule has 0 saturated heterocycles. The second-order valence-corrected chi connectivity index (χ2v) is 5.88. The van der Waals surface area contributed by atoms with E-state index in [0.29, 0.717) is 17.5 Å². The van der Waals surface area contributed by atoms with Gasteiger partial charge < -0.3 is 10.6 Å². The number of halogens is 1. The van der Waals surface area contributed by atoms with Gasteiger partial charge in [0.1, 0.15) is 5.82 Å². The van der Waals surface area contributed by atoms with Gasteiger partial charge in [-0.05, 0) is 49.0 Å². The number of benzene rings is 2. The summed E-state index contributed by atoms with van der Waals surface area (Å²) < 4.78 is 14.9. The maximum Gasteiger partial charge on any atom is 0.176 e. The van der Waals surface area contributed by atoms with Crippen LogP contribution in [0.4, 0.5) is 15.9 Å². The lowest BCUT2D eigenvalue weighted by atomic mass is 10.2. The minimum Gasteiger partial charge on any atom is -0.332 e. The van der Waals surface area contributed by atoms with Crippen LogP contribution in [0.15, 0.2) is 60.8 Å². The molecule has 0 bridgehead atoms. The van der Waals surface area contributed by atoms with Crippen molar-refractivity contribution in [3.63, 3.8) is 0 Å². The molecule has 3 rings (SSSR count). The van der Waals surface area contributed by atoms with E-state index in [1.54, 1.807) is 10.7 Å². The molecule has 0 saturated carbocycles. The molecule has 0 amide bonds. The van der Waals surface area contributed by atoms with E-state index in [0.717, 1.165) is 11.3 Å². The van der Waals surface area contributed by atoms with Gasteiger partial charge in [-0.2, -0.15) is 5.10 Å². The number of nitrogens with one attached hydrogen (secondary N) is 2. The highest BCUT2D eigenvalue weighted by Gasteiger charge is 2.04. The first-order chi connectivity index (χ1) is 11.6. The van der Waals surface area contributed by atoms with E-state index in [1.165, 1.54) is 17.7 Å². The summed E-state index contributed by atoms with van der Waals surface area (Å²) in [6, 6.07) is 16.2. The van der Waals surface area contributed by atoms with Crippen LogP contribution >= 0.6 is 12.2 Å². The summed E-state index contributed by atoms with van der Waals surface area (Å²) >= 11 is 5.29. The molecular formula is C18H17FN4S. The number of aromatic nitrogens is 2. The monoisotopic (exact) mass is 340 g/mol. The van der Waals surface area contributed by atoms with Crippen LogP contribution in [0.3, 0.4) is 0 Å². The van der Waals surface area contributed by atoms with Crippen molar-refractivity contribution in [3.05, 3.63) is 77.7 Å². The number of nitrogens with zero attached hydrogens (tertiary/aromatic N) is 2. The SMILES string of the molecule is Cc1ccc(NC(=S)Nc2ccn(Cc3cccc(F)c3)n2)cc1. The van der Waals surface area contributed by atoms with Crippen LogP contribution in [0.25, 0.3) is 0 Å². The van der Waals surface area contributed by atoms with Gasteiger partial charge in [0.25, 0.3) is 0 Å². The van der Waals surface area contributed by atoms with E-state index in [2.05, 4.69) is 15.7 Å². The van der Waals surface area contributed by atoms with Crippen molar-refractivity contribution >= 4 is 28.8 Å². The molecule has 1 heterocycles. The van der Waals surface area contributed by atoms with Gasteiger partial charge in [0, 0.05) is 18.0 Å². The van der Waals surface area contributed by atoms with E-state index in [1.807, 2.05) is 49.5 Å². The molecule has 0 aliphatic heterocycles. The average molecular weight is 340 g/mol. The number of hydrogen-bond acceptors (Lipinski definition) is 2. The number of thiocarbonyl (C=S) groups is 1. The Labute approximate surface area is 145 Å². The molecule has 1 aromatic heterocycles. The largest absolute Gasteiger partial charge is 0.332 e. The molecule has 0 spiro atoms. The van der Waals surface area contributed by atoms with Crippen LogP contribution < -0.4 is 10.6 Å².